The van der Waals surface area contributed by atoms with Gasteiger partial charge >= 0.3 is 6.03 Å². The van der Waals surface area contributed by atoms with Gasteiger partial charge in [0.05, 0.1) is 12.3 Å². The molecule has 38 heavy (non-hydrogen) atoms. The van der Waals surface area contributed by atoms with E-state index in [4.69, 9.17) is 32.7 Å². The van der Waals surface area contributed by atoms with Gasteiger partial charge in [-0.15, -0.1) is 6.58 Å². The topological polar surface area (TPSA) is 84.9 Å². The van der Waals surface area contributed by atoms with Crippen molar-refractivity contribution in [2.45, 2.75) is 20.0 Å². The minimum atomic E-state index is -0.842. The predicted molar refractivity (Wildman–Crippen MR) is 148 cm³/mol. The Balaban J connectivity index is 1.72. The molecule has 1 N–H and O–H groups in total. The van der Waals surface area contributed by atoms with Crippen LogP contribution in [0, 0.1) is 0 Å². The molecule has 0 spiro atoms. The van der Waals surface area contributed by atoms with Gasteiger partial charge in [-0.3, -0.25) is 14.9 Å². The first-order chi connectivity index (χ1) is 18.3. The molecule has 0 radical (unpaired) electrons. The summed E-state index contributed by atoms with van der Waals surface area (Å²) in [6, 6.07) is 16.1. The highest BCUT2D eigenvalue weighted by Crippen LogP contribution is 2.36. The molecule has 0 aromatic heterocycles. The van der Waals surface area contributed by atoms with Crippen LogP contribution in [0.3, 0.4) is 0 Å². The maximum atomic E-state index is 13.3. The van der Waals surface area contributed by atoms with Crippen molar-refractivity contribution in [1.82, 2.24) is 5.32 Å². The molecule has 0 aliphatic carbocycles. The first-order valence-corrected chi connectivity index (χ1v) is 12.5. The largest absolute Gasteiger partial charge is 0.490 e. The molecule has 4 rings (SSSR count). The number of nitrogens with zero attached hydrogens (tertiary/aromatic N) is 1. The average Bonchev–Trinajstić information content (AvgIpc) is 2.88. The summed E-state index contributed by atoms with van der Waals surface area (Å²) in [6.45, 7) is 6.23. The number of carbonyl (C=O) groups is 3. The van der Waals surface area contributed by atoms with Gasteiger partial charge < -0.3 is 9.47 Å². The molecule has 0 unspecified atom stereocenters. The fourth-order valence-corrected chi connectivity index (χ4v) is 4.23. The van der Waals surface area contributed by atoms with Gasteiger partial charge in [-0.05, 0) is 67.4 Å². The van der Waals surface area contributed by atoms with Crippen LogP contribution in [0.5, 0.6) is 11.5 Å². The van der Waals surface area contributed by atoms with Crippen molar-refractivity contribution in [3.63, 3.8) is 0 Å². The van der Waals surface area contributed by atoms with Crippen molar-refractivity contribution in [1.29, 1.82) is 0 Å². The van der Waals surface area contributed by atoms with Gasteiger partial charge in [0.25, 0.3) is 11.8 Å². The lowest BCUT2D eigenvalue weighted by Gasteiger charge is -2.26. The number of amides is 4. The molecule has 0 atom stereocenters. The van der Waals surface area contributed by atoms with E-state index in [1.54, 1.807) is 36.4 Å². The standard InChI is InChI=1S/C29H24Cl2N2O5/c1-3-7-19-14-18(16-25(37-4-2)26(19)38-17-20-8-5-6-9-24(20)31)15-23-27(34)32-29(36)33(28(23)35)22-12-10-21(30)11-13-22/h3,5-6,8-16H,1,4,7,17H2,2H3,(H,32,34,36)/b23-15+. The van der Waals surface area contributed by atoms with Gasteiger partial charge in [0.1, 0.15) is 12.2 Å². The second kappa shape index (κ2) is 12.0. The number of barbiturate groups is 1. The van der Waals surface area contributed by atoms with Crippen molar-refractivity contribution in [3.8, 4) is 11.5 Å². The van der Waals surface area contributed by atoms with E-state index >= 15 is 0 Å². The third-order valence-corrected chi connectivity index (χ3v) is 6.27. The Labute approximate surface area is 230 Å². The quantitative estimate of drug-likeness (QED) is 0.190. The zero-order valence-corrected chi connectivity index (χ0v) is 22.0. The number of halogens is 2. The molecule has 1 aliphatic heterocycles. The second-order valence-electron chi connectivity index (χ2n) is 8.25. The van der Waals surface area contributed by atoms with Crippen molar-refractivity contribution in [2.24, 2.45) is 0 Å². The zero-order chi connectivity index (χ0) is 27.2. The maximum Gasteiger partial charge on any atom is 0.335 e. The molecule has 1 aliphatic rings. The van der Waals surface area contributed by atoms with Gasteiger partial charge in [-0.2, -0.15) is 0 Å². The number of anilines is 1. The number of hydrogen-bond acceptors (Lipinski definition) is 5. The second-order valence-corrected chi connectivity index (χ2v) is 9.09. The lowest BCUT2D eigenvalue weighted by molar-refractivity contribution is -0.122. The summed E-state index contributed by atoms with van der Waals surface area (Å²) in [5.74, 6) is -0.623. The Morgan fingerprint density at radius 2 is 1.71 bits per heavy atom. The number of imide groups is 2. The lowest BCUT2D eigenvalue weighted by Crippen LogP contribution is -2.54. The van der Waals surface area contributed by atoms with E-state index < -0.39 is 17.8 Å². The number of carbonyl (C=O) groups excluding carboxylic acids is 3. The van der Waals surface area contributed by atoms with Crippen molar-refractivity contribution >= 4 is 52.8 Å². The number of hydrogen-bond donors (Lipinski definition) is 1. The van der Waals surface area contributed by atoms with Crippen LogP contribution in [0.15, 0.2) is 78.9 Å². The van der Waals surface area contributed by atoms with E-state index in [9.17, 15) is 14.4 Å². The monoisotopic (exact) mass is 550 g/mol. The molecule has 0 bridgehead atoms. The van der Waals surface area contributed by atoms with Gasteiger partial charge in [0.2, 0.25) is 0 Å². The normalized spacial score (nSPS) is 14.4. The molecule has 4 amide bonds. The van der Waals surface area contributed by atoms with E-state index in [-0.39, 0.29) is 17.9 Å². The van der Waals surface area contributed by atoms with Gasteiger partial charge in [-0.1, -0.05) is 47.5 Å². The summed E-state index contributed by atoms with van der Waals surface area (Å²) in [5.41, 5.74) is 2.12. The Morgan fingerprint density at radius 3 is 2.39 bits per heavy atom. The van der Waals surface area contributed by atoms with Crippen molar-refractivity contribution < 1.29 is 23.9 Å². The van der Waals surface area contributed by atoms with Crippen LogP contribution in [0.25, 0.3) is 6.08 Å². The number of urea groups is 1. The van der Waals surface area contributed by atoms with Crippen LogP contribution in [0.1, 0.15) is 23.6 Å². The maximum absolute atomic E-state index is 13.3. The fourth-order valence-electron chi connectivity index (χ4n) is 3.91. The van der Waals surface area contributed by atoms with Gasteiger partial charge in [-0.25, -0.2) is 9.69 Å². The number of ether oxygens (including phenoxy) is 2. The number of benzene rings is 3. The SMILES string of the molecule is C=CCc1cc(/C=C2\C(=O)NC(=O)N(c3ccc(Cl)cc3)C2=O)cc(OCC)c1OCc1ccccc1Cl. The molecule has 0 saturated carbocycles. The van der Waals surface area contributed by atoms with E-state index in [0.717, 1.165) is 16.0 Å². The summed E-state index contributed by atoms with van der Waals surface area (Å²) in [5, 5.41) is 3.25. The first kappa shape index (κ1) is 27.0. The highest BCUT2D eigenvalue weighted by molar-refractivity contribution is 6.39. The molecular weight excluding hydrogens is 527 g/mol. The summed E-state index contributed by atoms with van der Waals surface area (Å²) in [7, 11) is 0. The van der Waals surface area contributed by atoms with Crippen LogP contribution >= 0.6 is 23.2 Å². The zero-order valence-electron chi connectivity index (χ0n) is 20.5. The van der Waals surface area contributed by atoms with E-state index in [1.807, 2.05) is 25.1 Å². The van der Waals surface area contributed by atoms with Crippen molar-refractivity contribution in [2.75, 3.05) is 11.5 Å². The number of nitrogens with one attached hydrogen (secondary N) is 1. The van der Waals surface area contributed by atoms with Crippen LogP contribution in [0.2, 0.25) is 10.0 Å². The molecule has 1 saturated heterocycles. The van der Waals surface area contributed by atoms with Crippen LogP contribution in [-0.2, 0) is 22.6 Å². The molecular formula is C29H24Cl2N2O5. The predicted octanol–water partition coefficient (Wildman–Crippen LogP) is 6.37. The Hall–Kier alpha value is -4.07. The minimum absolute atomic E-state index is 0.212. The molecule has 1 heterocycles. The number of allylic oxidation sites excluding steroid dienone is 1. The third kappa shape index (κ3) is 5.90. The summed E-state index contributed by atoms with van der Waals surface area (Å²) in [4.78, 5) is 39.3. The molecule has 3 aromatic rings. The molecule has 7 nitrogen and oxygen atoms in total. The lowest BCUT2D eigenvalue weighted by atomic mass is 10.0. The van der Waals surface area contributed by atoms with E-state index in [0.29, 0.717) is 40.1 Å². The molecule has 1 fully saturated rings. The molecule has 9 heteroatoms. The van der Waals surface area contributed by atoms with Crippen LogP contribution in [-0.4, -0.2) is 24.5 Å². The molecule has 3 aromatic carbocycles. The van der Waals surface area contributed by atoms with E-state index in [1.165, 1.54) is 18.2 Å². The Morgan fingerprint density at radius 1 is 0.974 bits per heavy atom. The van der Waals surface area contributed by atoms with Gasteiger partial charge in [0.15, 0.2) is 11.5 Å². The van der Waals surface area contributed by atoms with Crippen LogP contribution < -0.4 is 19.7 Å². The Kier molecular flexibility index (Phi) is 8.51. The first-order valence-electron chi connectivity index (χ1n) is 11.8. The highest BCUT2D eigenvalue weighted by Gasteiger charge is 2.36. The highest BCUT2D eigenvalue weighted by atomic mass is 35.5. The summed E-state index contributed by atoms with van der Waals surface area (Å²) in [6.07, 6.45) is 3.56. The third-order valence-electron chi connectivity index (χ3n) is 5.65. The summed E-state index contributed by atoms with van der Waals surface area (Å²) >= 11 is 12.2. The van der Waals surface area contributed by atoms with E-state index in [2.05, 4.69) is 11.9 Å². The van der Waals surface area contributed by atoms with Crippen molar-refractivity contribution in [3.05, 3.63) is 106 Å². The summed E-state index contributed by atoms with van der Waals surface area (Å²) < 4.78 is 12.0. The fraction of sp³-hybridized carbons (Fsp3) is 0.138. The number of rotatable bonds is 9. The minimum Gasteiger partial charge on any atom is -0.490 e. The Bertz CT molecular complexity index is 1430. The van der Waals surface area contributed by atoms with Crippen LogP contribution in [0.4, 0.5) is 10.5 Å². The average molecular weight is 551 g/mol. The van der Waals surface area contributed by atoms with Gasteiger partial charge in [0, 0.05) is 21.2 Å². The molecule has 194 valence electrons. The smallest absolute Gasteiger partial charge is 0.335 e.